The maximum atomic E-state index is 6.12. The summed E-state index contributed by atoms with van der Waals surface area (Å²) in [5.74, 6) is 1.12. The van der Waals surface area contributed by atoms with Crippen LogP contribution >= 0.6 is 11.3 Å². The molecule has 1 aliphatic rings. The second kappa shape index (κ2) is 5.25. The summed E-state index contributed by atoms with van der Waals surface area (Å²) in [5, 5.41) is 3.31. The van der Waals surface area contributed by atoms with Crippen molar-refractivity contribution in [3.63, 3.8) is 0 Å². The molecule has 1 aliphatic heterocycles. The minimum Gasteiger partial charge on any atom is -0.381 e. The molecular weight excluding hydrogens is 220 g/mol. The molecule has 0 radical (unpaired) electrons. The van der Waals surface area contributed by atoms with Gasteiger partial charge in [0.15, 0.2) is 0 Å². The van der Waals surface area contributed by atoms with Crippen molar-refractivity contribution in [1.82, 2.24) is 4.98 Å². The van der Waals surface area contributed by atoms with E-state index < -0.39 is 0 Å². The lowest BCUT2D eigenvalue weighted by atomic mass is 10.0. The topological polar surface area (TPSA) is 48.1 Å². The number of hydrogen-bond donors (Lipinski definition) is 1. The van der Waals surface area contributed by atoms with Crippen LogP contribution in [-0.4, -0.2) is 18.2 Å². The van der Waals surface area contributed by atoms with Crippen molar-refractivity contribution in [2.24, 2.45) is 11.7 Å². The normalized spacial score (nSPS) is 22.9. The number of hydrogen-bond acceptors (Lipinski definition) is 4. The average Bonchev–Trinajstić information content (AvgIpc) is 2.87. The Morgan fingerprint density at radius 1 is 1.62 bits per heavy atom. The van der Waals surface area contributed by atoms with Gasteiger partial charge in [0.1, 0.15) is 0 Å². The van der Waals surface area contributed by atoms with Crippen LogP contribution in [0.3, 0.4) is 0 Å². The largest absolute Gasteiger partial charge is 0.381 e. The maximum absolute atomic E-state index is 6.12. The second-order valence-corrected chi connectivity index (χ2v) is 5.80. The first-order valence-corrected chi connectivity index (χ1v) is 6.83. The van der Waals surface area contributed by atoms with Crippen LogP contribution in [0.1, 0.15) is 49.4 Å². The van der Waals surface area contributed by atoms with Gasteiger partial charge in [-0.15, -0.1) is 11.3 Å². The highest BCUT2D eigenvalue weighted by Gasteiger charge is 2.22. The van der Waals surface area contributed by atoms with Gasteiger partial charge in [0, 0.05) is 23.9 Å². The molecule has 0 amide bonds. The van der Waals surface area contributed by atoms with E-state index in [1.807, 2.05) is 0 Å². The van der Waals surface area contributed by atoms with E-state index in [1.165, 1.54) is 5.01 Å². The summed E-state index contributed by atoms with van der Waals surface area (Å²) in [6, 6.07) is 0.0901. The molecule has 0 saturated carbocycles. The van der Waals surface area contributed by atoms with Crippen molar-refractivity contribution in [2.45, 2.75) is 38.6 Å². The highest BCUT2D eigenvalue weighted by atomic mass is 32.1. The Labute approximate surface area is 101 Å². The van der Waals surface area contributed by atoms with Gasteiger partial charge in [-0.3, -0.25) is 0 Å². The zero-order valence-electron chi connectivity index (χ0n) is 9.98. The van der Waals surface area contributed by atoms with Gasteiger partial charge in [0.25, 0.3) is 0 Å². The minimum absolute atomic E-state index is 0.0901. The number of aromatic nitrogens is 1. The lowest BCUT2D eigenvalue weighted by Gasteiger charge is -2.11. The molecule has 1 aromatic heterocycles. The third-order valence-corrected chi connectivity index (χ3v) is 3.95. The summed E-state index contributed by atoms with van der Waals surface area (Å²) >= 11 is 1.73. The maximum Gasteiger partial charge on any atom is 0.0983 e. The summed E-state index contributed by atoms with van der Waals surface area (Å²) in [7, 11) is 0. The number of thiazole rings is 1. The summed E-state index contributed by atoms with van der Waals surface area (Å²) in [4.78, 5) is 4.66. The highest BCUT2D eigenvalue weighted by molar-refractivity contribution is 7.09. The van der Waals surface area contributed by atoms with E-state index in [0.717, 1.165) is 31.7 Å². The Morgan fingerprint density at radius 3 is 3.06 bits per heavy atom. The van der Waals surface area contributed by atoms with Crippen molar-refractivity contribution < 1.29 is 4.74 Å². The van der Waals surface area contributed by atoms with E-state index >= 15 is 0 Å². The summed E-state index contributed by atoms with van der Waals surface area (Å²) in [6.07, 6.45) is 2.11. The van der Waals surface area contributed by atoms with Gasteiger partial charge in [0.05, 0.1) is 17.3 Å². The van der Waals surface area contributed by atoms with Crippen molar-refractivity contribution >= 4 is 11.3 Å². The van der Waals surface area contributed by atoms with Crippen molar-refractivity contribution in [3.8, 4) is 0 Å². The summed E-state index contributed by atoms with van der Waals surface area (Å²) < 4.78 is 5.38. The Balaban J connectivity index is 2.00. The van der Waals surface area contributed by atoms with Gasteiger partial charge in [-0.1, -0.05) is 13.8 Å². The van der Waals surface area contributed by atoms with Crippen molar-refractivity contribution in [3.05, 3.63) is 16.1 Å². The molecule has 2 N–H and O–H groups in total. The van der Waals surface area contributed by atoms with Crippen LogP contribution in [0.4, 0.5) is 0 Å². The number of nitrogens with two attached hydrogens (primary N) is 1. The van der Waals surface area contributed by atoms with Gasteiger partial charge in [-0.25, -0.2) is 4.98 Å². The predicted molar refractivity (Wildman–Crippen MR) is 66.7 cm³/mol. The second-order valence-electron chi connectivity index (χ2n) is 4.91. The van der Waals surface area contributed by atoms with Crippen LogP contribution in [0.25, 0.3) is 0 Å². The minimum atomic E-state index is 0.0901. The molecule has 0 bridgehead atoms. The van der Waals surface area contributed by atoms with Crippen LogP contribution in [-0.2, 0) is 4.74 Å². The predicted octanol–water partition coefficient (Wildman–Crippen LogP) is 2.69. The number of nitrogens with zero attached hydrogens (tertiary/aromatic N) is 1. The monoisotopic (exact) mass is 240 g/mol. The zero-order chi connectivity index (χ0) is 11.5. The molecular formula is C12H20N2OS. The van der Waals surface area contributed by atoms with Gasteiger partial charge in [-0.05, 0) is 18.8 Å². The van der Waals surface area contributed by atoms with Crippen molar-refractivity contribution in [1.29, 1.82) is 0 Å². The Kier molecular flexibility index (Phi) is 3.95. The molecule has 90 valence electrons. The molecule has 0 aromatic carbocycles. The SMILES string of the molecule is CC(C)CC(N)c1csc(C2CCOC2)n1. The van der Waals surface area contributed by atoms with E-state index in [1.54, 1.807) is 11.3 Å². The highest BCUT2D eigenvalue weighted by Crippen LogP contribution is 2.30. The molecule has 1 fully saturated rings. The molecule has 1 saturated heterocycles. The molecule has 16 heavy (non-hydrogen) atoms. The third kappa shape index (κ3) is 2.81. The Morgan fingerprint density at radius 2 is 2.44 bits per heavy atom. The molecule has 3 nitrogen and oxygen atoms in total. The smallest absolute Gasteiger partial charge is 0.0983 e. The quantitative estimate of drug-likeness (QED) is 0.880. The van der Waals surface area contributed by atoms with Crippen LogP contribution in [0.5, 0.6) is 0 Å². The van der Waals surface area contributed by atoms with Gasteiger partial charge < -0.3 is 10.5 Å². The molecule has 4 heteroatoms. The first-order chi connectivity index (χ1) is 7.66. The van der Waals surface area contributed by atoms with E-state index in [-0.39, 0.29) is 6.04 Å². The zero-order valence-corrected chi connectivity index (χ0v) is 10.8. The first-order valence-electron chi connectivity index (χ1n) is 5.95. The fraction of sp³-hybridized carbons (Fsp3) is 0.750. The van der Waals surface area contributed by atoms with Gasteiger partial charge in [-0.2, -0.15) is 0 Å². The summed E-state index contributed by atoms with van der Waals surface area (Å²) in [5.41, 5.74) is 7.18. The molecule has 2 unspecified atom stereocenters. The van der Waals surface area contributed by atoms with E-state index in [2.05, 4.69) is 24.2 Å². The van der Waals surface area contributed by atoms with E-state index in [4.69, 9.17) is 10.5 Å². The van der Waals surface area contributed by atoms with E-state index in [9.17, 15) is 0 Å². The molecule has 0 aliphatic carbocycles. The lowest BCUT2D eigenvalue weighted by molar-refractivity contribution is 0.194. The first kappa shape index (κ1) is 12.0. The lowest BCUT2D eigenvalue weighted by Crippen LogP contribution is -2.13. The Hall–Kier alpha value is -0.450. The fourth-order valence-corrected chi connectivity index (χ4v) is 3.02. The van der Waals surface area contributed by atoms with Crippen molar-refractivity contribution in [2.75, 3.05) is 13.2 Å². The van der Waals surface area contributed by atoms with Crippen LogP contribution in [0.15, 0.2) is 5.38 Å². The molecule has 0 spiro atoms. The molecule has 2 rings (SSSR count). The van der Waals surface area contributed by atoms with Gasteiger partial charge in [0.2, 0.25) is 0 Å². The number of rotatable bonds is 4. The van der Waals surface area contributed by atoms with Crippen LogP contribution < -0.4 is 5.73 Å². The fourth-order valence-electron chi connectivity index (χ4n) is 2.02. The van der Waals surface area contributed by atoms with Gasteiger partial charge >= 0.3 is 0 Å². The molecule has 1 aromatic rings. The molecule has 2 heterocycles. The molecule has 2 atom stereocenters. The van der Waals surface area contributed by atoms with Crippen LogP contribution in [0, 0.1) is 5.92 Å². The van der Waals surface area contributed by atoms with E-state index in [0.29, 0.717) is 11.8 Å². The number of ether oxygens (including phenoxy) is 1. The Bertz CT molecular complexity index is 332. The van der Waals surface area contributed by atoms with Crippen LogP contribution in [0.2, 0.25) is 0 Å². The standard InChI is InChI=1S/C12H20N2OS/c1-8(2)5-10(13)11-7-16-12(14-11)9-3-4-15-6-9/h7-10H,3-6,13H2,1-2H3. The third-order valence-electron chi connectivity index (χ3n) is 2.92. The average molecular weight is 240 g/mol. The summed E-state index contributed by atoms with van der Waals surface area (Å²) in [6.45, 7) is 6.08.